The first-order valence-corrected chi connectivity index (χ1v) is 7.09. The van der Waals surface area contributed by atoms with Crippen molar-refractivity contribution in [2.75, 3.05) is 0 Å². The number of carbonyl (C=O) groups is 1. The summed E-state index contributed by atoms with van der Waals surface area (Å²) >= 11 is 8.87. The number of halogens is 1. The Balaban J connectivity index is 2.02. The van der Waals surface area contributed by atoms with Gasteiger partial charge in [0.05, 0.1) is 0 Å². The Hall–Kier alpha value is -0.970. The molecule has 0 unspecified atom stereocenters. The van der Waals surface area contributed by atoms with Crippen LogP contribution < -0.4 is 0 Å². The molecule has 0 radical (unpaired) electrons. The molecular formula is C12H9ClO2S2. The number of thioether (sulfide) groups is 1. The van der Waals surface area contributed by atoms with E-state index < -0.39 is 5.97 Å². The van der Waals surface area contributed by atoms with Gasteiger partial charge in [0.15, 0.2) is 0 Å². The third-order valence-corrected chi connectivity index (χ3v) is 4.60. The molecule has 0 aliphatic rings. The fourth-order valence-corrected chi connectivity index (χ4v) is 3.44. The minimum absolute atomic E-state index is 0.367. The maximum Gasteiger partial charge on any atom is 0.345 e. The second-order valence-corrected chi connectivity index (χ2v) is 5.70. The molecule has 2 rings (SSSR count). The summed E-state index contributed by atoms with van der Waals surface area (Å²) < 4.78 is 0. The fraction of sp³-hybridized carbons (Fsp3) is 0.0833. The Kier molecular flexibility index (Phi) is 4.10. The van der Waals surface area contributed by atoms with E-state index in [0.29, 0.717) is 4.88 Å². The van der Waals surface area contributed by atoms with Crippen LogP contribution in [-0.2, 0) is 5.75 Å². The normalized spacial score (nSPS) is 10.4. The van der Waals surface area contributed by atoms with Crippen LogP contribution in [0.25, 0.3) is 0 Å². The summed E-state index contributed by atoms with van der Waals surface area (Å²) in [6, 6.07) is 9.35. The van der Waals surface area contributed by atoms with Gasteiger partial charge in [0.25, 0.3) is 0 Å². The first kappa shape index (κ1) is 12.5. The molecular weight excluding hydrogens is 276 g/mol. The van der Waals surface area contributed by atoms with Crippen LogP contribution in [0.4, 0.5) is 0 Å². The molecule has 1 aromatic carbocycles. The van der Waals surface area contributed by atoms with Crippen LogP contribution in [0.3, 0.4) is 0 Å². The maximum absolute atomic E-state index is 10.7. The molecule has 0 atom stereocenters. The molecule has 1 N–H and O–H groups in total. The summed E-state index contributed by atoms with van der Waals surface area (Å²) in [5.74, 6) is -0.130. The standard InChI is InChI=1S/C12H9ClO2S2/c13-10-4-2-1-3-8(10)6-16-9-5-11(12(14)15)17-7-9/h1-5,7H,6H2,(H,14,15). The van der Waals surface area contributed by atoms with Crippen molar-refractivity contribution in [1.82, 2.24) is 0 Å². The quantitative estimate of drug-likeness (QED) is 0.846. The van der Waals surface area contributed by atoms with E-state index in [2.05, 4.69) is 0 Å². The van der Waals surface area contributed by atoms with Gasteiger partial charge in [-0.1, -0.05) is 29.8 Å². The van der Waals surface area contributed by atoms with Crippen LogP contribution in [0.1, 0.15) is 15.2 Å². The zero-order chi connectivity index (χ0) is 12.3. The van der Waals surface area contributed by atoms with Crippen molar-refractivity contribution in [2.45, 2.75) is 10.6 Å². The van der Waals surface area contributed by atoms with Gasteiger partial charge in [-0.3, -0.25) is 0 Å². The number of hydrogen-bond acceptors (Lipinski definition) is 3. The number of hydrogen-bond donors (Lipinski definition) is 1. The van der Waals surface area contributed by atoms with E-state index in [-0.39, 0.29) is 0 Å². The van der Waals surface area contributed by atoms with Gasteiger partial charge in [-0.2, -0.15) is 0 Å². The van der Waals surface area contributed by atoms with Crippen molar-refractivity contribution in [3.05, 3.63) is 51.2 Å². The number of carboxylic acids is 1. The third kappa shape index (κ3) is 3.25. The van der Waals surface area contributed by atoms with E-state index >= 15 is 0 Å². The molecule has 0 saturated heterocycles. The lowest BCUT2D eigenvalue weighted by Gasteiger charge is -2.01. The second-order valence-electron chi connectivity index (χ2n) is 3.33. The molecule has 0 amide bonds. The van der Waals surface area contributed by atoms with Crippen molar-refractivity contribution in [2.24, 2.45) is 0 Å². The van der Waals surface area contributed by atoms with Crippen molar-refractivity contribution in [3.63, 3.8) is 0 Å². The topological polar surface area (TPSA) is 37.3 Å². The second kappa shape index (κ2) is 5.58. The van der Waals surface area contributed by atoms with Crippen molar-refractivity contribution in [3.8, 4) is 0 Å². The average Bonchev–Trinajstić information content (AvgIpc) is 2.77. The minimum atomic E-state index is -0.875. The van der Waals surface area contributed by atoms with Crippen LogP contribution >= 0.6 is 34.7 Å². The predicted molar refractivity (Wildman–Crippen MR) is 72.3 cm³/mol. The van der Waals surface area contributed by atoms with E-state index in [1.54, 1.807) is 17.8 Å². The van der Waals surface area contributed by atoms with E-state index in [0.717, 1.165) is 21.2 Å². The molecule has 1 heterocycles. The molecule has 88 valence electrons. The Morgan fingerprint density at radius 2 is 2.18 bits per heavy atom. The van der Waals surface area contributed by atoms with E-state index in [1.165, 1.54) is 11.3 Å². The first-order valence-electron chi connectivity index (χ1n) is 4.85. The molecule has 0 aliphatic heterocycles. The number of thiophene rings is 1. The highest BCUT2D eigenvalue weighted by Crippen LogP contribution is 2.29. The Morgan fingerprint density at radius 3 is 2.82 bits per heavy atom. The average molecular weight is 285 g/mol. The van der Waals surface area contributed by atoms with Crippen LogP contribution in [0, 0.1) is 0 Å². The van der Waals surface area contributed by atoms with E-state index in [9.17, 15) is 4.79 Å². The van der Waals surface area contributed by atoms with Gasteiger partial charge < -0.3 is 5.11 Å². The summed E-state index contributed by atoms with van der Waals surface area (Å²) in [6.45, 7) is 0. The Bertz CT molecular complexity index is 537. The smallest absolute Gasteiger partial charge is 0.345 e. The molecule has 5 heteroatoms. The summed E-state index contributed by atoms with van der Waals surface area (Å²) in [7, 11) is 0. The van der Waals surface area contributed by atoms with Crippen LogP contribution in [0.5, 0.6) is 0 Å². The highest BCUT2D eigenvalue weighted by molar-refractivity contribution is 7.98. The number of aromatic carboxylic acids is 1. The molecule has 0 saturated carbocycles. The van der Waals surface area contributed by atoms with Gasteiger partial charge in [0.1, 0.15) is 4.88 Å². The van der Waals surface area contributed by atoms with Crippen molar-refractivity contribution < 1.29 is 9.90 Å². The van der Waals surface area contributed by atoms with Crippen LogP contribution in [0.2, 0.25) is 5.02 Å². The maximum atomic E-state index is 10.7. The molecule has 2 aromatic rings. The molecule has 2 nitrogen and oxygen atoms in total. The van der Waals surface area contributed by atoms with Gasteiger partial charge in [-0.05, 0) is 17.7 Å². The zero-order valence-electron chi connectivity index (χ0n) is 8.72. The number of carboxylic acid groups (broad SMARTS) is 1. The summed E-state index contributed by atoms with van der Waals surface area (Å²) in [5.41, 5.74) is 1.06. The Labute approximate surface area is 112 Å². The van der Waals surface area contributed by atoms with Gasteiger partial charge in [0, 0.05) is 21.1 Å². The monoisotopic (exact) mass is 284 g/mol. The highest BCUT2D eigenvalue weighted by atomic mass is 35.5. The zero-order valence-corrected chi connectivity index (χ0v) is 11.1. The third-order valence-electron chi connectivity index (χ3n) is 2.14. The molecule has 0 bridgehead atoms. The van der Waals surface area contributed by atoms with E-state index in [4.69, 9.17) is 16.7 Å². The number of rotatable bonds is 4. The fourth-order valence-electron chi connectivity index (χ4n) is 1.28. The van der Waals surface area contributed by atoms with Crippen LogP contribution in [0.15, 0.2) is 40.6 Å². The van der Waals surface area contributed by atoms with E-state index in [1.807, 2.05) is 29.6 Å². The van der Waals surface area contributed by atoms with Gasteiger partial charge in [-0.15, -0.1) is 23.1 Å². The van der Waals surface area contributed by atoms with Gasteiger partial charge in [0.2, 0.25) is 0 Å². The number of benzene rings is 1. The summed E-state index contributed by atoms with van der Waals surface area (Å²) in [6.07, 6.45) is 0. The summed E-state index contributed by atoms with van der Waals surface area (Å²) in [5, 5.41) is 11.4. The lowest BCUT2D eigenvalue weighted by atomic mass is 10.2. The first-order chi connectivity index (χ1) is 8.16. The van der Waals surface area contributed by atoms with Crippen LogP contribution in [-0.4, -0.2) is 11.1 Å². The van der Waals surface area contributed by atoms with Crippen molar-refractivity contribution in [1.29, 1.82) is 0 Å². The lowest BCUT2D eigenvalue weighted by Crippen LogP contribution is -1.89. The molecule has 1 aromatic heterocycles. The molecule has 0 aliphatic carbocycles. The Morgan fingerprint density at radius 1 is 1.41 bits per heavy atom. The predicted octanol–water partition coefficient (Wildman–Crippen LogP) is 4.39. The molecule has 0 spiro atoms. The van der Waals surface area contributed by atoms with Gasteiger partial charge >= 0.3 is 5.97 Å². The van der Waals surface area contributed by atoms with Gasteiger partial charge in [-0.25, -0.2) is 4.79 Å². The SMILES string of the molecule is O=C(O)c1cc(SCc2ccccc2Cl)cs1. The lowest BCUT2D eigenvalue weighted by molar-refractivity contribution is 0.0702. The highest BCUT2D eigenvalue weighted by Gasteiger charge is 2.07. The molecule has 0 fully saturated rings. The van der Waals surface area contributed by atoms with Crippen molar-refractivity contribution >= 4 is 40.7 Å². The summed E-state index contributed by atoms with van der Waals surface area (Å²) in [4.78, 5) is 12.1. The largest absolute Gasteiger partial charge is 0.477 e. The molecule has 17 heavy (non-hydrogen) atoms. The minimum Gasteiger partial charge on any atom is -0.477 e.